The first-order chi connectivity index (χ1) is 9.65. The highest BCUT2D eigenvalue weighted by atomic mass is 79.9. The van der Waals surface area contributed by atoms with Crippen LogP contribution >= 0.6 is 15.9 Å². The smallest absolute Gasteiger partial charge is 0.168 e. The highest BCUT2D eigenvalue weighted by molar-refractivity contribution is 9.10. The minimum absolute atomic E-state index is 0.0779. The molecule has 2 rings (SSSR count). The van der Waals surface area contributed by atoms with Crippen LogP contribution in [0.2, 0.25) is 0 Å². The highest BCUT2D eigenvalue weighted by Crippen LogP contribution is 2.27. The van der Waals surface area contributed by atoms with Crippen LogP contribution in [-0.4, -0.2) is 13.7 Å². The number of halogens is 2. The fourth-order valence-corrected chi connectivity index (χ4v) is 2.65. The summed E-state index contributed by atoms with van der Waals surface area (Å²) in [7, 11) is 1.47. The van der Waals surface area contributed by atoms with Gasteiger partial charge < -0.3 is 10.5 Å². The van der Waals surface area contributed by atoms with Crippen molar-refractivity contribution in [3.63, 3.8) is 0 Å². The van der Waals surface area contributed by atoms with Gasteiger partial charge in [0.15, 0.2) is 11.6 Å². The molecule has 0 saturated carbocycles. The Morgan fingerprint density at radius 1 is 1.25 bits per heavy atom. The quantitative estimate of drug-likeness (QED) is 0.898. The molecule has 0 aliphatic carbocycles. The molecule has 0 saturated heterocycles. The summed E-state index contributed by atoms with van der Waals surface area (Å²) in [6.07, 6.45) is 0.552. The monoisotopic (exact) mass is 337 g/mol. The largest absolute Gasteiger partial charge is 0.494 e. The minimum atomic E-state index is -0.302. The Morgan fingerprint density at radius 2 is 2.00 bits per heavy atom. The van der Waals surface area contributed by atoms with E-state index >= 15 is 0 Å². The lowest BCUT2D eigenvalue weighted by Gasteiger charge is -2.17. The number of rotatable bonds is 5. The van der Waals surface area contributed by atoms with Gasteiger partial charge in [-0.05, 0) is 42.3 Å². The van der Waals surface area contributed by atoms with Gasteiger partial charge in [0, 0.05) is 10.4 Å². The number of benzene rings is 2. The molecule has 0 aliphatic rings. The molecular weight excluding hydrogens is 321 g/mol. The SMILES string of the molecule is COc1cccc(CC(CN)c2cccc(Br)c2)c1F. The van der Waals surface area contributed by atoms with E-state index in [0.717, 1.165) is 10.0 Å². The highest BCUT2D eigenvalue weighted by Gasteiger charge is 2.15. The maximum Gasteiger partial charge on any atom is 0.168 e. The van der Waals surface area contributed by atoms with Crippen LogP contribution in [0, 0.1) is 5.82 Å². The molecule has 0 fully saturated rings. The second-order valence-corrected chi connectivity index (χ2v) is 5.54. The van der Waals surface area contributed by atoms with E-state index in [9.17, 15) is 4.39 Å². The van der Waals surface area contributed by atoms with Crippen LogP contribution in [0.25, 0.3) is 0 Å². The molecular formula is C16H17BrFNO. The molecule has 2 aromatic rings. The molecule has 2 nitrogen and oxygen atoms in total. The van der Waals surface area contributed by atoms with Gasteiger partial charge in [0.1, 0.15) is 0 Å². The summed E-state index contributed by atoms with van der Waals surface area (Å²) < 4.78 is 20.2. The number of methoxy groups -OCH3 is 1. The van der Waals surface area contributed by atoms with Gasteiger partial charge in [-0.2, -0.15) is 0 Å². The van der Waals surface area contributed by atoms with Crippen molar-refractivity contribution in [3.05, 3.63) is 63.9 Å². The summed E-state index contributed by atoms with van der Waals surface area (Å²) in [4.78, 5) is 0. The van der Waals surface area contributed by atoms with E-state index < -0.39 is 0 Å². The summed E-state index contributed by atoms with van der Waals surface area (Å²) in [5.41, 5.74) is 7.58. The molecule has 0 aromatic heterocycles. The summed E-state index contributed by atoms with van der Waals surface area (Å²) in [6.45, 7) is 0.465. The maximum absolute atomic E-state index is 14.2. The van der Waals surface area contributed by atoms with Gasteiger partial charge in [-0.1, -0.05) is 40.2 Å². The van der Waals surface area contributed by atoms with Gasteiger partial charge in [0.2, 0.25) is 0 Å². The van der Waals surface area contributed by atoms with Gasteiger partial charge in [-0.15, -0.1) is 0 Å². The molecule has 0 radical (unpaired) electrons. The van der Waals surface area contributed by atoms with Gasteiger partial charge in [-0.25, -0.2) is 4.39 Å². The van der Waals surface area contributed by atoms with E-state index in [1.165, 1.54) is 7.11 Å². The van der Waals surface area contributed by atoms with Crippen LogP contribution in [-0.2, 0) is 6.42 Å². The zero-order valence-electron chi connectivity index (χ0n) is 11.3. The topological polar surface area (TPSA) is 35.2 Å². The predicted octanol–water partition coefficient (Wildman–Crippen LogP) is 3.88. The third kappa shape index (κ3) is 3.38. The summed E-state index contributed by atoms with van der Waals surface area (Å²) >= 11 is 3.45. The second kappa shape index (κ2) is 6.86. The van der Waals surface area contributed by atoms with E-state index in [-0.39, 0.29) is 17.5 Å². The fraction of sp³-hybridized carbons (Fsp3) is 0.250. The minimum Gasteiger partial charge on any atom is -0.494 e. The van der Waals surface area contributed by atoms with Crippen molar-refractivity contribution >= 4 is 15.9 Å². The van der Waals surface area contributed by atoms with Crippen LogP contribution in [0.3, 0.4) is 0 Å². The first-order valence-electron chi connectivity index (χ1n) is 6.42. The standard InChI is InChI=1S/C16H17BrFNO/c1-20-15-7-3-5-12(16(15)18)8-13(10-19)11-4-2-6-14(17)9-11/h2-7,9,13H,8,10,19H2,1H3. The van der Waals surface area contributed by atoms with Crippen LogP contribution < -0.4 is 10.5 Å². The van der Waals surface area contributed by atoms with E-state index in [4.69, 9.17) is 10.5 Å². The van der Waals surface area contributed by atoms with Crippen molar-refractivity contribution < 1.29 is 9.13 Å². The van der Waals surface area contributed by atoms with Gasteiger partial charge >= 0.3 is 0 Å². The first-order valence-corrected chi connectivity index (χ1v) is 7.22. The van der Waals surface area contributed by atoms with E-state index in [1.807, 2.05) is 24.3 Å². The molecule has 4 heteroatoms. The molecule has 2 N–H and O–H groups in total. The van der Waals surface area contributed by atoms with Gasteiger partial charge in [0.05, 0.1) is 7.11 Å². The van der Waals surface area contributed by atoms with Crippen LogP contribution in [0.15, 0.2) is 46.9 Å². The van der Waals surface area contributed by atoms with E-state index in [1.54, 1.807) is 18.2 Å². The van der Waals surface area contributed by atoms with Gasteiger partial charge in [0.25, 0.3) is 0 Å². The molecule has 106 valence electrons. The Bertz CT molecular complexity index is 588. The van der Waals surface area contributed by atoms with Gasteiger partial charge in [-0.3, -0.25) is 0 Å². The van der Waals surface area contributed by atoms with Crippen molar-refractivity contribution in [2.45, 2.75) is 12.3 Å². The Labute approximate surface area is 126 Å². The third-order valence-corrected chi connectivity index (χ3v) is 3.83. The van der Waals surface area contributed by atoms with E-state index in [2.05, 4.69) is 15.9 Å². The summed E-state index contributed by atoms with van der Waals surface area (Å²) in [5, 5.41) is 0. The molecule has 0 amide bonds. The number of hydrogen-bond acceptors (Lipinski definition) is 2. The number of ether oxygens (including phenoxy) is 1. The Balaban J connectivity index is 2.27. The Kier molecular flexibility index (Phi) is 5.15. The Morgan fingerprint density at radius 3 is 2.65 bits per heavy atom. The maximum atomic E-state index is 14.2. The molecule has 1 unspecified atom stereocenters. The van der Waals surface area contributed by atoms with Crippen LogP contribution in [0.5, 0.6) is 5.75 Å². The first kappa shape index (κ1) is 15.0. The van der Waals surface area contributed by atoms with E-state index in [0.29, 0.717) is 18.5 Å². The lowest BCUT2D eigenvalue weighted by Crippen LogP contribution is -2.15. The lowest BCUT2D eigenvalue weighted by atomic mass is 9.92. The van der Waals surface area contributed by atoms with Crippen LogP contribution in [0.4, 0.5) is 4.39 Å². The second-order valence-electron chi connectivity index (χ2n) is 4.63. The predicted molar refractivity (Wildman–Crippen MR) is 82.6 cm³/mol. The number of nitrogens with two attached hydrogens (primary N) is 1. The van der Waals surface area contributed by atoms with Crippen LogP contribution in [0.1, 0.15) is 17.0 Å². The fourth-order valence-electron chi connectivity index (χ4n) is 2.23. The Hall–Kier alpha value is -1.39. The molecule has 2 aromatic carbocycles. The zero-order valence-corrected chi connectivity index (χ0v) is 12.9. The summed E-state index contributed by atoms with van der Waals surface area (Å²) in [6, 6.07) is 13.2. The molecule has 20 heavy (non-hydrogen) atoms. The van der Waals surface area contributed by atoms with Crippen molar-refractivity contribution in [1.29, 1.82) is 0 Å². The number of hydrogen-bond donors (Lipinski definition) is 1. The van der Waals surface area contributed by atoms with Crippen molar-refractivity contribution in [2.24, 2.45) is 5.73 Å². The third-order valence-electron chi connectivity index (χ3n) is 3.33. The molecule has 1 atom stereocenters. The average Bonchev–Trinajstić information content (AvgIpc) is 2.46. The van der Waals surface area contributed by atoms with Crippen molar-refractivity contribution in [1.82, 2.24) is 0 Å². The molecule has 0 bridgehead atoms. The normalized spacial score (nSPS) is 12.2. The lowest BCUT2D eigenvalue weighted by molar-refractivity contribution is 0.383. The molecule has 0 spiro atoms. The molecule has 0 aliphatic heterocycles. The molecule has 0 heterocycles. The van der Waals surface area contributed by atoms with Crippen molar-refractivity contribution in [2.75, 3.05) is 13.7 Å². The average molecular weight is 338 g/mol. The zero-order chi connectivity index (χ0) is 14.5. The van der Waals surface area contributed by atoms with Crippen molar-refractivity contribution in [3.8, 4) is 5.75 Å². The summed E-state index contributed by atoms with van der Waals surface area (Å²) in [5.74, 6) is 0.0464.